The Kier molecular flexibility index (Phi) is 2.67. The Morgan fingerprint density at radius 2 is 2.11 bits per heavy atom. The van der Waals surface area contributed by atoms with E-state index in [0.29, 0.717) is 31.5 Å². The van der Waals surface area contributed by atoms with Crippen LogP contribution < -0.4 is 0 Å². The Hall–Kier alpha value is -1.68. The number of hydrogen-bond donors (Lipinski definition) is 0. The van der Waals surface area contributed by atoms with Crippen LogP contribution in [0.5, 0.6) is 0 Å². The van der Waals surface area contributed by atoms with E-state index in [9.17, 15) is 9.18 Å². The zero-order valence-electron chi connectivity index (χ0n) is 10.1. The van der Waals surface area contributed by atoms with Gasteiger partial charge in [0.15, 0.2) is 0 Å². The van der Waals surface area contributed by atoms with Crippen LogP contribution in [-0.2, 0) is 4.79 Å². The Morgan fingerprint density at radius 3 is 2.89 bits per heavy atom. The van der Waals surface area contributed by atoms with Crippen LogP contribution >= 0.6 is 0 Å². The Labute approximate surface area is 105 Å². The normalized spacial score (nSPS) is 24.5. The minimum atomic E-state index is -0.212. The minimum Gasteiger partial charge on any atom is -0.273 e. The van der Waals surface area contributed by atoms with Crippen molar-refractivity contribution >= 4 is 5.91 Å². The van der Waals surface area contributed by atoms with Gasteiger partial charge >= 0.3 is 0 Å². The van der Waals surface area contributed by atoms with Gasteiger partial charge in [-0.15, -0.1) is 0 Å². The van der Waals surface area contributed by atoms with Crippen molar-refractivity contribution in [3.63, 3.8) is 0 Å². The first-order chi connectivity index (χ1) is 8.66. The molecule has 0 radical (unpaired) electrons. The number of benzene rings is 1. The molecule has 94 valence electrons. The summed E-state index contributed by atoms with van der Waals surface area (Å²) in [7, 11) is 0. The van der Waals surface area contributed by atoms with Gasteiger partial charge in [0.25, 0.3) is 0 Å². The average molecular weight is 246 g/mol. The lowest BCUT2D eigenvalue weighted by atomic mass is 9.96. The molecular formula is C14H15FN2O. The Balaban J connectivity index is 1.98. The van der Waals surface area contributed by atoms with Crippen LogP contribution in [0.2, 0.25) is 0 Å². The molecular weight excluding hydrogens is 231 g/mol. The molecule has 2 aliphatic rings. The van der Waals surface area contributed by atoms with Crippen LogP contribution in [0.15, 0.2) is 36.4 Å². The maximum atomic E-state index is 13.9. The molecule has 0 saturated carbocycles. The van der Waals surface area contributed by atoms with Gasteiger partial charge in [-0.05, 0) is 12.5 Å². The quantitative estimate of drug-likeness (QED) is 0.710. The summed E-state index contributed by atoms with van der Waals surface area (Å²) in [5, 5.41) is 3.69. The second-order valence-corrected chi connectivity index (χ2v) is 4.86. The molecule has 1 aromatic carbocycles. The van der Waals surface area contributed by atoms with E-state index < -0.39 is 0 Å². The number of hydrogen-bond acceptors (Lipinski definition) is 2. The van der Waals surface area contributed by atoms with E-state index in [1.165, 1.54) is 6.07 Å². The third-order valence-corrected chi connectivity index (χ3v) is 3.63. The highest BCUT2D eigenvalue weighted by Crippen LogP contribution is 2.37. The Bertz CT molecular complexity index is 514. The molecule has 0 aromatic heterocycles. The van der Waals surface area contributed by atoms with Crippen molar-refractivity contribution in [1.29, 1.82) is 0 Å². The molecule has 18 heavy (non-hydrogen) atoms. The summed E-state index contributed by atoms with van der Waals surface area (Å²) in [6, 6.07) is 6.68. The van der Waals surface area contributed by atoms with Crippen LogP contribution in [0.3, 0.4) is 0 Å². The van der Waals surface area contributed by atoms with Crippen molar-refractivity contribution in [2.45, 2.75) is 18.9 Å². The molecule has 4 heteroatoms. The zero-order valence-corrected chi connectivity index (χ0v) is 10.1. The molecule has 1 amide bonds. The smallest absolute Gasteiger partial charge is 0.238 e. The number of carbonyl (C=O) groups is 1. The molecule has 1 atom stereocenters. The second-order valence-electron chi connectivity index (χ2n) is 4.86. The molecule has 0 bridgehead atoms. The van der Waals surface area contributed by atoms with Gasteiger partial charge in [-0.1, -0.05) is 30.4 Å². The molecule has 0 spiro atoms. The first-order valence-electron chi connectivity index (χ1n) is 6.15. The Morgan fingerprint density at radius 1 is 1.33 bits per heavy atom. The third-order valence-electron chi connectivity index (χ3n) is 3.63. The zero-order chi connectivity index (χ0) is 12.7. The summed E-state index contributed by atoms with van der Waals surface area (Å²) in [6.07, 6.45) is 1.23. The topological polar surface area (TPSA) is 23.6 Å². The van der Waals surface area contributed by atoms with Gasteiger partial charge in [0.1, 0.15) is 5.82 Å². The first-order valence-corrected chi connectivity index (χ1v) is 6.15. The summed E-state index contributed by atoms with van der Waals surface area (Å²) < 4.78 is 13.9. The second kappa shape index (κ2) is 4.21. The number of fused-ring (bicyclic) bond motifs is 1. The lowest BCUT2D eigenvalue weighted by molar-refractivity contribution is -0.142. The maximum Gasteiger partial charge on any atom is 0.238 e. The summed E-state index contributed by atoms with van der Waals surface area (Å²) in [5.41, 5.74) is 1.63. The standard InChI is InChI=1S/C14H15FN2O/c1-10-8-13(11-4-2-3-5-12(11)15)16-7-6-14(18)17(16)9-10/h2-5,13H,1,6-9H2. The first kappa shape index (κ1) is 11.4. The monoisotopic (exact) mass is 246 g/mol. The molecule has 2 fully saturated rings. The summed E-state index contributed by atoms with van der Waals surface area (Å²) in [6.45, 7) is 5.22. The van der Waals surface area contributed by atoms with E-state index in [1.54, 1.807) is 17.1 Å². The van der Waals surface area contributed by atoms with E-state index >= 15 is 0 Å². The average Bonchev–Trinajstić information content (AvgIpc) is 2.71. The highest BCUT2D eigenvalue weighted by Gasteiger charge is 2.39. The van der Waals surface area contributed by atoms with Crippen LogP contribution in [0.25, 0.3) is 0 Å². The highest BCUT2D eigenvalue weighted by molar-refractivity contribution is 5.78. The van der Waals surface area contributed by atoms with Crippen molar-refractivity contribution in [2.24, 2.45) is 0 Å². The maximum absolute atomic E-state index is 13.9. The van der Waals surface area contributed by atoms with Crippen molar-refractivity contribution in [2.75, 3.05) is 13.1 Å². The van der Waals surface area contributed by atoms with Crippen molar-refractivity contribution in [3.05, 3.63) is 47.8 Å². The summed E-state index contributed by atoms with van der Waals surface area (Å²) in [4.78, 5) is 11.8. The molecule has 3 rings (SSSR count). The van der Waals surface area contributed by atoms with Crippen LogP contribution in [0.1, 0.15) is 24.4 Å². The van der Waals surface area contributed by atoms with Crippen LogP contribution in [0.4, 0.5) is 4.39 Å². The third kappa shape index (κ3) is 1.73. The number of amides is 1. The van der Waals surface area contributed by atoms with Crippen molar-refractivity contribution < 1.29 is 9.18 Å². The molecule has 2 aliphatic heterocycles. The van der Waals surface area contributed by atoms with E-state index in [2.05, 4.69) is 6.58 Å². The minimum absolute atomic E-state index is 0.0982. The van der Waals surface area contributed by atoms with E-state index in [1.807, 2.05) is 11.1 Å². The lowest BCUT2D eigenvalue weighted by Gasteiger charge is -2.40. The summed E-state index contributed by atoms with van der Waals surface area (Å²) in [5.74, 6) is -0.103. The number of rotatable bonds is 1. The fraction of sp³-hybridized carbons (Fsp3) is 0.357. The number of hydrazine groups is 1. The molecule has 0 aliphatic carbocycles. The summed E-state index contributed by atoms with van der Waals surface area (Å²) >= 11 is 0. The van der Waals surface area contributed by atoms with Crippen molar-refractivity contribution in [3.8, 4) is 0 Å². The van der Waals surface area contributed by atoms with Gasteiger partial charge in [-0.3, -0.25) is 9.80 Å². The SMILES string of the molecule is C=C1CC(c2ccccc2F)N2CCC(=O)N2C1. The largest absolute Gasteiger partial charge is 0.273 e. The molecule has 2 heterocycles. The van der Waals surface area contributed by atoms with E-state index in [-0.39, 0.29) is 17.8 Å². The fourth-order valence-corrected chi connectivity index (χ4v) is 2.78. The highest BCUT2D eigenvalue weighted by atomic mass is 19.1. The molecule has 3 nitrogen and oxygen atoms in total. The molecule has 0 N–H and O–H groups in total. The molecule has 1 unspecified atom stereocenters. The number of halogens is 1. The lowest BCUT2D eigenvalue weighted by Crippen LogP contribution is -2.46. The van der Waals surface area contributed by atoms with Crippen LogP contribution in [-0.4, -0.2) is 29.0 Å². The molecule has 2 saturated heterocycles. The van der Waals surface area contributed by atoms with E-state index in [4.69, 9.17) is 0 Å². The number of nitrogens with zero attached hydrogens (tertiary/aromatic N) is 2. The van der Waals surface area contributed by atoms with Crippen molar-refractivity contribution in [1.82, 2.24) is 10.0 Å². The van der Waals surface area contributed by atoms with Gasteiger partial charge in [-0.2, -0.15) is 0 Å². The van der Waals surface area contributed by atoms with Crippen LogP contribution in [0, 0.1) is 5.82 Å². The predicted octanol–water partition coefficient (Wildman–Crippen LogP) is 2.28. The molecule has 1 aromatic rings. The van der Waals surface area contributed by atoms with Gasteiger partial charge in [0, 0.05) is 18.5 Å². The van der Waals surface area contributed by atoms with Gasteiger partial charge < -0.3 is 0 Å². The van der Waals surface area contributed by atoms with Gasteiger partial charge in [0.2, 0.25) is 5.91 Å². The van der Waals surface area contributed by atoms with Gasteiger partial charge in [0.05, 0.1) is 12.6 Å². The number of carbonyl (C=O) groups excluding carboxylic acids is 1. The van der Waals surface area contributed by atoms with E-state index in [0.717, 1.165) is 5.57 Å². The predicted molar refractivity (Wildman–Crippen MR) is 65.9 cm³/mol. The fourth-order valence-electron chi connectivity index (χ4n) is 2.78. The van der Waals surface area contributed by atoms with Gasteiger partial charge in [-0.25, -0.2) is 9.40 Å².